The molecule has 0 radical (unpaired) electrons. The second kappa shape index (κ2) is 6.38. The molecule has 0 aromatic heterocycles. The average molecular weight is 255 g/mol. The van der Waals surface area contributed by atoms with Crippen LogP contribution in [0.2, 0.25) is 0 Å². The maximum atomic E-state index is 10.2. The summed E-state index contributed by atoms with van der Waals surface area (Å²) in [5.41, 5.74) is 5.21. The molecule has 0 aromatic carbocycles. The van der Waals surface area contributed by atoms with Gasteiger partial charge in [0.1, 0.15) is 0 Å². The summed E-state index contributed by atoms with van der Waals surface area (Å²) >= 11 is 0. The Morgan fingerprint density at radius 2 is 2.11 bits per heavy atom. The molecule has 5 nitrogen and oxygen atoms in total. The van der Waals surface area contributed by atoms with Gasteiger partial charge < -0.3 is 20.9 Å². The van der Waals surface area contributed by atoms with E-state index in [1.165, 1.54) is 19.3 Å². The summed E-state index contributed by atoms with van der Waals surface area (Å²) in [5.74, 6) is 1.25. The van der Waals surface area contributed by atoms with Crippen LogP contribution >= 0.6 is 0 Å². The SMILES string of the molecule is NC(=NCC1CCC1)NCCC1(O)CCOCC1. The first-order chi connectivity index (χ1) is 8.68. The van der Waals surface area contributed by atoms with Gasteiger partial charge in [-0.05, 0) is 38.0 Å². The van der Waals surface area contributed by atoms with Gasteiger partial charge in [-0.25, -0.2) is 0 Å². The lowest BCUT2D eigenvalue weighted by Gasteiger charge is -2.32. The van der Waals surface area contributed by atoms with Gasteiger partial charge in [0, 0.05) is 26.3 Å². The molecule has 1 heterocycles. The Hall–Kier alpha value is -0.810. The van der Waals surface area contributed by atoms with Gasteiger partial charge in [-0.1, -0.05) is 6.42 Å². The first-order valence-electron chi connectivity index (χ1n) is 7.02. The van der Waals surface area contributed by atoms with E-state index in [4.69, 9.17) is 10.5 Å². The number of nitrogens with one attached hydrogen (secondary N) is 1. The summed E-state index contributed by atoms with van der Waals surface area (Å²) in [6, 6.07) is 0. The molecule has 1 aliphatic carbocycles. The Labute approximate surface area is 109 Å². The highest BCUT2D eigenvalue weighted by Crippen LogP contribution is 2.26. The monoisotopic (exact) mass is 255 g/mol. The zero-order chi connectivity index (χ0) is 12.8. The minimum absolute atomic E-state index is 0.512. The van der Waals surface area contributed by atoms with E-state index in [-0.39, 0.29) is 0 Å². The molecule has 0 aromatic rings. The Morgan fingerprint density at radius 1 is 1.39 bits per heavy atom. The third-order valence-electron chi connectivity index (χ3n) is 4.06. The fraction of sp³-hybridized carbons (Fsp3) is 0.923. The molecular weight excluding hydrogens is 230 g/mol. The van der Waals surface area contributed by atoms with Crippen molar-refractivity contribution in [2.24, 2.45) is 16.6 Å². The van der Waals surface area contributed by atoms with E-state index in [9.17, 15) is 5.11 Å². The lowest BCUT2D eigenvalue weighted by molar-refractivity contribution is -0.0668. The van der Waals surface area contributed by atoms with E-state index in [1.807, 2.05) is 0 Å². The molecule has 0 atom stereocenters. The van der Waals surface area contributed by atoms with Crippen molar-refractivity contribution in [3.8, 4) is 0 Å². The lowest BCUT2D eigenvalue weighted by atomic mass is 9.86. The molecule has 0 bridgehead atoms. The molecule has 5 heteroatoms. The molecule has 0 amide bonds. The van der Waals surface area contributed by atoms with E-state index in [0.29, 0.717) is 45.0 Å². The fourth-order valence-electron chi connectivity index (χ4n) is 2.38. The summed E-state index contributed by atoms with van der Waals surface area (Å²) in [4.78, 5) is 4.33. The number of hydrogen-bond acceptors (Lipinski definition) is 3. The Balaban J connectivity index is 1.61. The van der Waals surface area contributed by atoms with E-state index in [1.54, 1.807) is 0 Å². The number of nitrogens with zero attached hydrogens (tertiary/aromatic N) is 1. The van der Waals surface area contributed by atoms with Crippen LogP contribution in [-0.4, -0.2) is 43.0 Å². The molecule has 1 saturated carbocycles. The van der Waals surface area contributed by atoms with Crippen LogP contribution in [0.25, 0.3) is 0 Å². The van der Waals surface area contributed by atoms with Crippen molar-refractivity contribution in [2.45, 2.75) is 44.1 Å². The zero-order valence-electron chi connectivity index (χ0n) is 11.0. The number of aliphatic hydroxyl groups is 1. The second-order valence-electron chi connectivity index (χ2n) is 5.54. The minimum Gasteiger partial charge on any atom is -0.390 e. The van der Waals surface area contributed by atoms with E-state index >= 15 is 0 Å². The van der Waals surface area contributed by atoms with Crippen LogP contribution in [0.1, 0.15) is 38.5 Å². The van der Waals surface area contributed by atoms with Crippen molar-refractivity contribution >= 4 is 5.96 Å². The van der Waals surface area contributed by atoms with E-state index in [0.717, 1.165) is 12.5 Å². The van der Waals surface area contributed by atoms with Crippen LogP contribution in [0, 0.1) is 5.92 Å². The molecule has 2 fully saturated rings. The van der Waals surface area contributed by atoms with Crippen molar-refractivity contribution in [1.82, 2.24) is 5.32 Å². The van der Waals surface area contributed by atoms with Crippen molar-refractivity contribution < 1.29 is 9.84 Å². The van der Waals surface area contributed by atoms with E-state index < -0.39 is 5.60 Å². The summed E-state index contributed by atoms with van der Waals surface area (Å²) < 4.78 is 5.25. The molecule has 1 saturated heterocycles. The minimum atomic E-state index is -0.584. The Morgan fingerprint density at radius 3 is 2.72 bits per heavy atom. The van der Waals surface area contributed by atoms with Gasteiger partial charge in [0.15, 0.2) is 5.96 Å². The quantitative estimate of drug-likeness (QED) is 0.497. The lowest BCUT2D eigenvalue weighted by Crippen LogP contribution is -2.41. The first kappa shape index (κ1) is 13.6. The largest absolute Gasteiger partial charge is 0.390 e. The first-order valence-corrected chi connectivity index (χ1v) is 7.02. The smallest absolute Gasteiger partial charge is 0.188 e. The van der Waals surface area contributed by atoms with Crippen molar-refractivity contribution in [3.05, 3.63) is 0 Å². The number of hydrogen-bond donors (Lipinski definition) is 3. The summed E-state index contributed by atoms with van der Waals surface area (Å²) in [7, 11) is 0. The van der Waals surface area contributed by atoms with Crippen molar-refractivity contribution in [2.75, 3.05) is 26.3 Å². The van der Waals surface area contributed by atoms with Crippen LogP contribution in [0.4, 0.5) is 0 Å². The Bertz CT molecular complexity index is 284. The molecule has 2 rings (SSSR count). The van der Waals surface area contributed by atoms with Crippen LogP contribution in [0.15, 0.2) is 4.99 Å². The molecule has 4 N–H and O–H groups in total. The van der Waals surface area contributed by atoms with Crippen LogP contribution in [-0.2, 0) is 4.74 Å². The highest BCUT2D eigenvalue weighted by molar-refractivity contribution is 5.77. The molecule has 1 aliphatic heterocycles. The molecule has 104 valence electrons. The number of aliphatic imine (C=N–C) groups is 1. The van der Waals surface area contributed by atoms with Gasteiger partial charge in [0.25, 0.3) is 0 Å². The number of nitrogens with two attached hydrogens (primary N) is 1. The molecule has 0 unspecified atom stereocenters. The Kier molecular flexibility index (Phi) is 4.83. The number of guanidine groups is 1. The van der Waals surface area contributed by atoms with Crippen LogP contribution < -0.4 is 11.1 Å². The van der Waals surface area contributed by atoms with Gasteiger partial charge in [0.2, 0.25) is 0 Å². The van der Waals surface area contributed by atoms with Gasteiger partial charge in [0.05, 0.1) is 5.60 Å². The van der Waals surface area contributed by atoms with Crippen LogP contribution in [0.5, 0.6) is 0 Å². The van der Waals surface area contributed by atoms with E-state index in [2.05, 4.69) is 10.3 Å². The normalized spacial score (nSPS) is 24.6. The zero-order valence-corrected chi connectivity index (χ0v) is 11.0. The molecule has 18 heavy (non-hydrogen) atoms. The molecule has 0 spiro atoms. The fourth-order valence-corrected chi connectivity index (χ4v) is 2.38. The van der Waals surface area contributed by atoms with Gasteiger partial charge in [-0.3, -0.25) is 4.99 Å². The highest BCUT2D eigenvalue weighted by Gasteiger charge is 2.29. The summed E-state index contributed by atoms with van der Waals surface area (Å²) in [6.07, 6.45) is 6.05. The molecule has 2 aliphatic rings. The topological polar surface area (TPSA) is 79.9 Å². The van der Waals surface area contributed by atoms with Gasteiger partial charge in [-0.2, -0.15) is 0 Å². The highest BCUT2D eigenvalue weighted by atomic mass is 16.5. The number of ether oxygens (including phenoxy) is 1. The second-order valence-corrected chi connectivity index (χ2v) is 5.54. The standard InChI is InChI=1S/C13H25N3O2/c14-12(16-10-11-2-1-3-11)15-7-4-13(17)5-8-18-9-6-13/h11,17H,1-10H2,(H3,14,15,16). The van der Waals surface area contributed by atoms with Gasteiger partial charge >= 0.3 is 0 Å². The predicted octanol–water partition coefficient (Wildman–Crippen LogP) is 0.622. The maximum Gasteiger partial charge on any atom is 0.188 e. The van der Waals surface area contributed by atoms with Crippen molar-refractivity contribution in [1.29, 1.82) is 0 Å². The number of rotatable bonds is 5. The van der Waals surface area contributed by atoms with Crippen molar-refractivity contribution in [3.63, 3.8) is 0 Å². The maximum absolute atomic E-state index is 10.2. The average Bonchev–Trinajstić information content (AvgIpc) is 2.27. The van der Waals surface area contributed by atoms with Crippen LogP contribution in [0.3, 0.4) is 0 Å². The summed E-state index contributed by atoms with van der Waals surface area (Å²) in [6.45, 7) is 2.83. The third kappa shape index (κ3) is 4.14. The van der Waals surface area contributed by atoms with Gasteiger partial charge in [-0.15, -0.1) is 0 Å². The third-order valence-corrected chi connectivity index (χ3v) is 4.06. The predicted molar refractivity (Wildman–Crippen MR) is 71.5 cm³/mol. The summed E-state index contributed by atoms with van der Waals surface area (Å²) in [5, 5.41) is 13.3. The molecular formula is C13H25N3O2.